The van der Waals surface area contributed by atoms with Gasteiger partial charge in [0, 0.05) is 6.07 Å². The normalized spacial score (nSPS) is 11.6. The summed E-state index contributed by atoms with van der Waals surface area (Å²) in [6.07, 6.45) is 0. The Morgan fingerprint density at radius 3 is 3.00 bits per heavy atom. The van der Waals surface area contributed by atoms with Crippen LogP contribution in [0.15, 0.2) is 28.5 Å². The topological polar surface area (TPSA) is 96.8 Å². The number of imidazole rings is 1. The number of carbonyl (C=O) groups is 1. The molecule has 0 spiro atoms. The van der Waals surface area contributed by atoms with E-state index in [0.717, 1.165) is 16.8 Å². The summed E-state index contributed by atoms with van der Waals surface area (Å²) < 4.78 is 9.92. The van der Waals surface area contributed by atoms with Crippen molar-refractivity contribution in [2.45, 2.75) is 12.1 Å². The Morgan fingerprint density at radius 1 is 1.52 bits per heavy atom. The van der Waals surface area contributed by atoms with Crippen molar-refractivity contribution in [1.82, 2.24) is 9.97 Å². The SMILES string of the molecule is CCOC(=O)C(CSc1nc2ccc(OC)cc2[nH]1)=NO. The molecular formula is C13H15N3O4S. The Morgan fingerprint density at radius 2 is 2.33 bits per heavy atom. The number of ether oxygens (including phenoxy) is 2. The van der Waals surface area contributed by atoms with E-state index in [1.807, 2.05) is 18.2 Å². The molecule has 0 amide bonds. The van der Waals surface area contributed by atoms with Gasteiger partial charge in [-0.25, -0.2) is 9.78 Å². The summed E-state index contributed by atoms with van der Waals surface area (Å²) in [7, 11) is 1.59. The van der Waals surface area contributed by atoms with Crippen molar-refractivity contribution in [3.63, 3.8) is 0 Å². The van der Waals surface area contributed by atoms with Gasteiger partial charge in [-0.3, -0.25) is 0 Å². The first kappa shape index (κ1) is 15.2. The van der Waals surface area contributed by atoms with Crippen LogP contribution < -0.4 is 4.74 Å². The number of aromatic amines is 1. The summed E-state index contributed by atoms with van der Waals surface area (Å²) in [5.74, 6) is 0.254. The fraction of sp³-hybridized carbons (Fsp3) is 0.308. The number of oxime groups is 1. The number of hydrogen-bond donors (Lipinski definition) is 2. The van der Waals surface area contributed by atoms with Gasteiger partial charge in [0.2, 0.25) is 0 Å². The largest absolute Gasteiger partial charge is 0.497 e. The molecule has 112 valence electrons. The fourth-order valence-corrected chi connectivity index (χ4v) is 2.43. The summed E-state index contributed by atoms with van der Waals surface area (Å²) >= 11 is 1.25. The highest BCUT2D eigenvalue weighted by molar-refractivity contribution is 7.99. The Labute approximate surface area is 125 Å². The second-order valence-corrected chi connectivity index (χ2v) is 4.94. The Bertz CT molecular complexity index is 668. The number of rotatable bonds is 6. The average Bonchev–Trinajstić information content (AvgIpc) is 2.89. The molecule has 0 saturated heterocycles. The predicted octanol–water partition coefficient (Wildman–Crippen LogP) is 2.06. The molecule has 0 unspecified atom stereocenters. The maximum absolute atomic E-state index is 11.5. The number of carbonyl (C=O) groups excluding carboxylic acids is 1. The molecule has 2 N–H and O–H groups in total. The molecule has 1 heterocycles. The zero-order chi connectivity index (χ0) is 15.2. The molecule has 2 rings (SSSR count). The van der Waals surface area contributed by atoms with Crippen molar-refractivity contribution in [3.8, 4) is 5.75 Å². The smallest absolute Gasteiger partial charge is 0.356 e. The molecule has 0 bridgehead atoms. The standard InChI is InChI=1S/C13H15N3O4S/c1-3-20-12(17)11(16-18)7-21-13-14-9-5-4-8(19-2)6-10(9)15-13/h4-6,18H,3,7H2,1-2H3,(H,14,15). The van der Waals surface area contributed by atoms with Gasteiger partial charge >= 0.3 is 5.97 Å². The van der Waals surface area contributed by atoms with E-state index in [2.05, 4.69) is 15.1 Å². The molecule has 8 heteroatoms. The zero-order valence-electron chi connectivity index (χ0n) is 11.6. The molecule has 7 nitrogen and oxygen atoms in total. The van der Waals surface area contributed by atoms with Crippen molar-refractivity contribution >= 4 is 34.5 Å². The van der Waals surface area contributed by atoms with Gasteiger partial charge in [0.05, 0.1) is 30.5 Å². The predicted molar refractivity (Wildman–Crippen MR) is 79.2 cm³/mol. The van der Waals surface area contributed by atoms with E-state index in [4.69, 9.17) is 14.7 Å². The molecule has 1 aromatic carbocycles. The molecular weight excluding hydrogens is 294 g/mol. The molecule has 0 aliphatic carbocycles. The van der Waals surface area contributed by atoms with Gasteiger partial charge < -0.3 is 19.7 Å². The van der Waals surface area contributed by atoms with Crippen molar-refractivity contribution < 1.29 is 19.5 Å². The first-order valence-corrected chi connectivity index (χ1v) is 7.21. The minimum atomic E-state index is -0.634. The van der Waals surface area contributed by atoms with Crippen molar-refractivity contribution in [2.24, 2.45) is 5.16 Å². The first-order valence-electron chi connectivity index (χ1n) is 6.22. The second kappa shape index (κ2) is 6.98. The third kappa shape index (κ3) is 3.66. The number of nitrogens with zero attached hydrogens (tertiary/aromatic N) is 2. The van der Waals surface area contributed by atoms with Gasteiger partial charge in [-0.1, -0.05) is 16.9 Å². The monoisotopic (exact) mass is 309 g/mol. The Balaban J connectivity index is 2.07. The highest BCUT2D eigenvalue weighted by Gasteiger charge is 2.15. The van der Waals surface area contributed by atoms with E-state index in [1.165, 1.54) is 11.8 Å². The maximum atomic E-state index is 11.5. The van der Waals surface area contributed by atoms with Gasteiger partial charge in [0.1, 0.15) is 5.75 Å². The number of methoxy groups -OCH3 is 1. The quantitative estimate of drug-likeness (QED) is 0.279. The van der Waals surface area contributed by atoms with Crippen LogP contribution in [-0.4, -0.2) is 46.3 Å². The molecule has 1 aromatic heterocycles. The van der Waals surface area contributed by atoms with Crippen LogP contribution in [0, 0.1) is 0 Å². The Hall–Kier alpha value is -2.22. The summed E-state index contributed by atoms with van der Waals surface area (Å²) in [6.45, 7) is 1.92. The lowest BCUT2D eigenvalue weighted by atomic mass is 10.3. The second-order valence-electron chi connectivity index (χ2n) is 3.98. The number of benzene rings is 1. The molecule has 0 aliphatic heterocycles. The van der Waals surface area contributed by atoms with Crippen LogP contribution in [0.1, 0.15) is 6.92 Å². The van der Waals surface area contributed by atoms with E-state index in [-0.39, 0.29) is 18.1 Å². The number of nitrogens with one attached hydrogen (secondary N) is 1. The molecule has 2 aromatic rings. The number of aromatic nitrogens is 2. The van der Waals surface area contributed by atoms with Crippen LogP contribution in [0.25, 0.3) is 11.0 Å². The molecule has 0 radical (unpaired) electrons. The summed E-state index contributed by atoms with van der Waals surface area (Å²) in [6, 6.07) is 5.48. The number of fused-ring (bicyclic) bond motifs is 1. The van der Waals surface area contributed by atoms with E-state index in [0.29, 0.717) is 5.16 Å². The average molecular weight is 309 g/mol. The number of hydrogen-bond acceptors (Lipinski definition) is 7. The van der Waals surface area contributed by atoms with Crippen molar-refractivity contribution in [2.75, 3.05) is 19.5 Å². The van der Waals surface area contributed by atoms with Gasteiger partial charge in [0.15, 0.2) is 10.9 Å². The summed E-state index contributed by atoms with van der Waals surface area (Å²) in [4.78, 5) is 18.9. The summed E-state index contributed by atoms with van der Waals surface area (Å²) in [5, 5.41) is 12.4. The van der Waals surface area contributed by atoms with Crippen LogP contribution in [0.3, 0.4) is 0 Å². The molecule has 0 atom stereocenters. The molecule has 0 aliphatic rings. The van der Waals surface area contributed by atoms with Crippen LogP contribution >= 0.6 is 11.8 Å². The van der Waals surface area contributed by atoms with Crippen LogP contribution in [0.5, 0.6) is 5.75 Å². The third-order valence-electron chi connectivity index (χ3n) is 2.64. The lowest BCUT2D eigenvalue weighted by Gasteiger charge is -2.02. The number of thioether (sulfide) groups is 1. The first-order chi connectivity index (χ1) is 10.2. The minimum absolute atomic E-state index is 0.0557. The van der Waals surface area contributed by atoms with Crippen LogP contribution in [-0.2, 0) is 9.53 Å². The third-order valence-corrected chi connectivity index (χ3v) is 3.53. The highest BCUT2D eigenvalue weighted by Crippen LogP contribution is 2.23. The highest BCUT2D eigenvalue weighted by atomic mass is 32.2. The Kier molecular flexibility index (Phi) is 5.04. The van der Waals surface area contributed by atoms with E-state index < -0.39 is 5.97 Å². The van der Waals surface area contributed by atoms with Gasteiger partial charge in [-0.15, -0.1) is 0 Å². The van der Waals surface area contributed by atoms with Gasteiger partial charge in [-0.2, -0.15) is 0 Å². The van der Waals surface area contributed by atoms with Crippen LogP contribution in [0.4, 0.5) is 0 Å². The number of H-pyrrole nitrogens is 1. The van der Waals surface area contributed by atoms with Crippen molar-refractivity contribution in [3.05, 3.63) is 18.2 Å². The maximum Gasteiger partial charge on any atom is 0.356 e. The fourth-order valence-electron chi connectivity index (χ4n) is 1.64. The number of esters is 1. The summed E-state index contributed by atoms with van der Waals surface area (Å²) in [5.41, 5.74) is 1.56. The molecule has 0 saturated carbocycles. The minimum Gasteiger partial charge on any atom is -0.497 e. The van der Waals surface area contributed by atoms with Gasteiger partial charge in [0.25, 0.3) is 0 Å². The lowest BCUT2D eigenvalue weighted by Crippen LogP contribution is -2.19. The zero-order valence-corrected chi connectivity index (χ0v) is 12.4. The van der Waals surface area contributed by atoms with Crippen LogP contribution in [0.2, 0.25) is 0 Å². The lowest BCUT2D eigenvalue weighted by molar-refractivity contribution is -0.135. The van der Waals surface area contributed by atoms with E-state index in [1.54, 1.807) is 14.0 Å². The molecule has 0 fully saturated rings. The van der Waals surface area contributed by atoms with Gasteiger partial charge in [-0.05, 0) is 19.1 Å². The van der Waals surface area contributed by atoms with Crippen molar-refractivity contribution in [1.29, 1.82) is 0 Å². The van der Waals surface area contributed by atoms with E-state index >= 15 is 0 Å². The van der Waals surface area contributed by atoms with E-state index in [9.17, 15) is 4.79 Å². The molecule has 21 heavy (non-hydrogen) atoms.